The summed E-state index contributed by atoms with van der Waals surface area (Å²) < 4.78 is 5.57. The summed E-state index contributed by atoms with van der Waals surface area (Å²) in [5, 5.41) is 3.42. The zero-order valence-electron chi connectivity index (χ0n) is 10.1. The van der Waals surface area contributed by atoms with E-state index in [-0.39, 0.29) is 5.54 Å². The van der Waals surface area contributed by atoms with E-state index in [4.69, 9.17) is 4.74 Å². The fourth-order valence-electron chi connectivity index (χ4n) is 1.32. The van der Waals surface area contributed by atoms with E-state index in [1.807, 2.05) is 18.2 Å². The molecular formula is C13H21NO. The van der Waals surface area contributed by atoms with Crippen LogP contribution in [0.15, 0.2) is 24.3 Å². The molecule has 84 valence electrons. The Morgan fingerprint density at radius 1 is 1.27 bits per heavy atom. The van der Waals surface area contributed by atoms with Crippen molar-refractivity contribution in [3.63, 3.8) is 0 Å². The van der Waals surface area contributed by atoms with E-state index in [0.29, 0.717) is 0 Å². The molecule has 0 heterocycles. The van der Waals surface area contributed by atoms with E-state index in [2.05, 4.69) is 39.1 Å². The maximum atomic E-state index is 5.57. The van der Waals surface area contributed by atoms with Gasteiger partial charge in [0.15, 0.2) is 0 Å². The van der Waals surface area contributed by atoms with Gasteiger partial charge < -0.3 is 10.1 Å². The lowest BCUT2D eigenvalue weighted by atomic mass is 10.1. The van der Waals surface area contributed by atoms with Crippen molar-refractivity contribution in [2.24, 2.45) is 0 Å². The lowest BCUT2D eigenvalue weighted by molar-refractivity contribution is 0.317. The summed E-state index contributed by atoms with van der Waals surface area (Å²) in [5.41, 5.74) is 1.19. The van der Waals surface area contributed by atoms with Crippen molar-refractivity contribution in [2.75, 3.05) is 11.9 Å². The fraction of sp³-hybridized carbons (Fsp3) is 0.538. The number of hydrogen-bond donors (Lipinski definition) is 1. The first kappa shape index (κ1) is 11.9. The van der Waals surface area contributed by atoms with Crippen LogP contribution in [0.1, 0.15) is 34.1 Å². The zero-order chi connectivity index (χ0) is 11.3. The van der Waals surface area contributed by atoms with Gasteiger partial charge in [0.1, 0.15) is 5.75 Å². The lowest BCUT2D eigenvalue weighted by Gasteiger charge is -2.22. The number of rotatable bonds is 4. The minimum atomic E-state index is 0.0867. The quantitative estimate of drug-likeness (QED) is 0.813. The summed E-state index contributed by atoms with van der Waals surface area (Å²) in [6.07, 6.45) is 1.04. The number of benzene rings is 1. The molecule has 0 radical (unpaired) electrons. The van der Waals surface area contributed by atoms with Gasteiger partial charge in [0.2, 0.25) is 0 Å². The highest BCUT2D eigenvalue weighted by Gasteiger charge is 2.09. The van der Waals surface area contributed by atoms with Crippen LogP contribution >= 0.6 is 0 Å². The van der Waals surface area contributed by atoms with Crippen LogP contribution in [0, 0.1) is 0 Å². The van der Waals surface area contributed by atoms with Crippen LogP contribution in [0.4, 0.5) is 5.69 Å². The van der Waals surface area contributed by atoms with Gasteiger partial charge in [0.05, 0.1) is 6.61 Å². The largest absolute Gasteiger partial charge is 0.494 e. The van der Waals surface area contributed by atoms with Crippen molar-refractivity contribution in [2.45, 2.75) is 39.7 Å². The van der Waals surface area contributed by atoms with Gasteiger partial charge in [-0.2, -0.15) is 0 Å². The number of ether oxygens (including phenoxy) is 1. The summed E-state index contributed by atoms with van der Waals surface area (Å²) in [4.78, 5) is 0. The Hall–Kier alpha value is -1.18. The van der Waals surface area contributed by atoms with Crippen molar-refractivity contribution >= 4 is 5.69 Å². The summed E-state index contributed by atoms with van der Waals surface area (Å²) >= 11 is 0. The highest BCUT2D eigenvalue weighted by molar-refractivity contribution is 5.49. The molecule has 1 N–H and O–H groups in total. The molecule has 1 aromatic carbocycles. The van der Waals surface area contributed by atoms with Gasteiger partial charge >= 0.3 is 0 Å². The van der Waals surface area contributed by atoms with E-state index in [1.54, 1.807) is 0 Å². The van der Waals surface area contributed by atoms with Crippen molar-refractivity contribution in [1.82, 2.24) is 0 Å². The molecule has 15 heavy (non-hydrogen) atoms. The highest BCUT2D eigenvalue weighted by atomic mass is 16.5. The third-order valence-corrected chi connectivity index (χ3v) is 1.83. The first-order valence-electron chi connectivity index (χ1n) is 5.52. The Morgan fingerprint density at radius 3 is 2.60 bits per heavy atom. The topological polar surface area (TPSA) is 21.3 Å². The second-order valence-electron chi connectivity index (χ2n) is 4.75. The predicted octanol–water partition coefficient (Wildman–Crippen LogP) is 3.69. The zero-order valence-corrected chi connectivity index (χ0v) is 10.1. The van der Waals surface area contributed by atoms with Crippen LogP contribution in [0.3, 0.4) is 0 Å². The van der Waals surface area contributed by atoms with E-state index >= 15 is 0 Å². The molecule has 0 amide bonds. The van der Waals surface area contributed by atoms with E-state index in [9.17, 15) is 0 Å². The molecular weight excluding hydrogens is 186 g/mol. The molecule has 0 fully saturated rings. The summed E-state index contributed by atoms with van der Waals surface area (Å²) in [6, 6.07) is 8.10. The second-order valence-corrected chi connectivity index (χ2v) is 4.75. The molecule has 1 aromatic rings. The Labute approximate surface area is 92.6 Å². The third kappa shape index (κ3) is 4.73. The van der Waals surface area contributed by atoms with E-state index in [1.165, 1.54) is 0 Å². The molecule has 0 unspecified atom stereocenters. The van der Waals surface area contributed by atoms with Gasteiger partial charge in [-0.3, -0.25) is 0 Å². The van der Waals surface area contributed by atoms with Crippen molar-refractivity contribution in [3.8, 4) is 5.75 Å². The molecule has 2 heteroatoms. The average molecular weight is 207 g/mol. The first-order valence-corrected chi connectivity index (χ1v) is 5.52. The van der Waals surface area contributed by atoms with Crippen LogP contribution in [0.2, 0.25) is 0 Å². The highest BCUT2D eigenvalue weighted by Crippen LogP contribution is 2.20. The molecule has 0 aliphatic rings. The van der Waals surface area contributed by atoms with Gasteiger partial charge in [-0.05, 0) is 39.3 Å². The van der Waals surface area contributed by atoms with Gasteiger partial charge in [-0.25, -0.2) is 0 Å². The summed E-state index contributed by atoms with van der Waals surface area (Å²) in [6.45, 7) is 9.32. The van der Waals surface area contributed by atoms with Crippen LogP contribution in [0.5, 0.6) is 5.75 Å². The maximum Gasteiger partial charge on any atom is 0.121 e. The lowest BCUT2D eigenvalue weighted by Crippen LogP contribution is -2.25. The average Bonchev–Trinajstić information content (AvgIpc) is 2.12. The molecule has 0 aliphatic heterocycles. The molecule has 0 saturated carbocycles. The SMILES string of the molecule is CCCOc1cccc(NC(C)(C)C)c1. The Kier molecular flexibility index (Phi) is 4.01. The van der Waals surface area contributed by atoms with Crippen LogP contribution in [-0.4, -0.2) is 12.1 Å². The van der Waals surface area contributed by atoms with Crippen molar-refractivity contribution in [3.05, 3.63) is 24.3 Å². The second kappa shape index (κ2) is 5.06. The van der Waals surface area contributed by atoms with Gasteiger partial charge in [0.25, 0.3) is 0 Å². The van der Waals surface area contributed by atoms with E-state index < -0.39 is 0 Å². The van der Waals surface area contributed by atoms with E-state index in [0.717, 1.165) is 24.5 Å². The smallest absolute Gasteiger partial charge is 0.121 e. The van der Waals surface area contributed by atoms with Crippen LogP contribution < -0.4 is 10.1 Å². The first-order chi connectivity index (χ1) is 7.01. The molecule has 0 spiro atoms. The molecule has 0 aromatic heterocycles. The predicted molar refractivity (Wildman–Crippen MR) is 65.6 cm³/mol. The molecule has 0 atom stereocenters. The fourth-order valence-corrected chi connectivity index (χ4v) is 1.32. The molecule has 0 aliphatic carbocycles. The number of nitrogens with one attached hydrogen (secondary N) is 1. The molecule has 0 bridgehead atoms. The molecule has 1 rings (SSSR count). The van der Waals surface area contributed by atoms with Crippen molar-refractivity contribution in [1.29, 1.82) is 0 Å². The number of anilines is 1. The van der Waals surface area contributed by atoms with Gasteiger partial charge in [-0.15, -0.1) is 0 Å². The molecule has 0 saturated heterocycles. The maximum absolute atomic E-state index is 5.57. The number of hydrogen-bond acceptors (Lipinski definition) is 2. The minimum absolute atomic E-state index is 0.0867. The summed E-state index contributed by atoms with van der Waals surface area (Å²) in [7, 11) is 0. The molecule has 2 nitrogen and oxygen atoms in total. The Bertz CT molecular complexity index is 302. The normalized spacial score (nSPS) is 11.2. The van der Waals surface area contributed by atoms with Crippen LogP contribution in [0.25, 0.3) is 0 Å². The van der Waals surface area contributed by atoms with Gasteiger partial charge in [-0.1, -0.05) is 13.0 Å². The minimum Gasteiger partial charge on any atom is -0.494 e. The Balaban J connectivity index is 2.66. The summed E-state index contributed by atoms with van der Waals surface area (Å²) in [5.74, 6) is 0.936. The monoisotopic (exact) mass is 207 g/mol. The van der Waals surface area contributed by atoms with Gasteiger partial charge in [0, 0.05) is 17.3 Å². The third-order valence-electron chi connectivity index (χ3n) is 1.83. The van der Waals surface area contributed by atoms with Crippen LogP contribution in [-0.2, 0) is 0 Å². The Morgan fingerprint density at radius 2 is 2.00 bits per heavy atom. The standard InChI is InChI=1S/C13H21NO/c1-5-9-15-12-8-6-7-11(10-12)14-13(2,3)4/h6-8,10,14H,5,9H2,1-4H3. The van der Waals surface area contributed by atoms with Crippen molar-refractivity contribution < 1.29 is 4.74 Å².